The smallest absolute Gasteiger partial charge is 0.209 e. The van der Waals surface area contributed by atoms with Crippen molar-refractivity contribution in [3.8, 4) is 6.19 Å². The Balaban J connectivity index is 2.34. The molecule has 1 atom stereocenters. The number of anilines is 1. The van der Waals surface area contributed by atoms with Gasteiger partial charge >= 0.3 is 0 Å². The molecule has 1 aromatic rings. The molecule has 4 heteroatoms. The van der Waals surface area contributed by atoms with Crippen molar-refractivity contribution in [2.75, 3.05) is 5.32 Å². The Morgan fingerprint density at radius 3 is 3.07 bits per heavy atom. The molecular weight excluding hydrogens is 176 g/mol. The first-order valence-corrected chi connectivity index (χ1v) is 4.40. The third-order valence-electron chi connectivity index (χ3n) is 2.16. The van der Waals surface area contributed by atoms with Gasteiger partial charge in [-0.25, -0.2) is 4.99 Å². The summed E-state index contributed by atoms with van der Waals surface area (Å²) in [4.78, 5) is 4.29. The summed E-state index contributed by atoms with van der Waals surface area (Å²) in [6.45, 7) is 2.00. The minimum Gasteiger partial charge on any atom is -0.325 e. The van der Waals surface area contributed by atoms with Crippen LogP contribution in [0.2, 0.25) is 0 Å². The summed E-state index contributed by atoms with van der Waals surface area (Å²) >= 11 is 0. The molecule has 0 amide bonds. The third-order valence-corrected chi connectivity index (χ3v) is 2.16. The number of guanidine groups is 1. The maximum atomic E-state index is 8.47. The largest absolute Gasteiger partial charge is 0.325 e. The van der Waals surface area contributed by atoms with E-state index in [9.17, 15) is 0 Å². The van der Waals surface area contributed by atoms with Crippen LogP contribution in [-0.4, -0.2) is 5.96 Å². The van der Waals surface area contributed by atoms with E-state index in [1.807, 2.05) is 37.4 Å². The van der Waals surface area contributed by atoms with Crippen molar-refractivity contribution < 1.29 is 0 Å². The summed E-state index contributed by atoms with van der Waals surface area (Å²) in [6, 6.07) is 8.02. The molecule has 0 saturated heterocycles. The lowest BCUT2D eigenvalue weighted by Crippen LogP contribution is -2.30. The van der Waals surface area contributed by atoms with Crippen LogP contribution in [0.5, 0.6) is 0 Å². The van der Waals surface area contributed by atoms with Crippen molar-refractivity contribution >= 4 is 11.6 Å². The monoisotopic (exact) mass is 186 g/mol. The molecule has 0 aromatic heterocycles. The number of nitrogens with one attached hydrogen (secondary N) is 2. The number of rotatable bonds is 0. The van der Waals surface area contributed by atoms with Crippen LogP contribution in [0.3, 0.4) is 0 Å². The topological polar surface area (TPSA) is 60.2 Å². The Labute approximate surface area is 82.3 Å². The van der Waals surface area contributed by atoms with Crippen LogP contribution >= 0.6 is 0 Å². The highest BCUT2D eigenvalue weighted by Crippen LogP contribution is 2.28. The second-order valence-electron chi connectivity index (χ2n) is 3.10. The minimum absolute atomic E-state index is 0.0864. The molecule has 0 unspecified atom stereocenters. The zero-order valence-corrected chi connectivity index (χ0v) is 7.78. The molecule has 1 heterocycles. The Morgan fingerprint density at radius 1 is 1.50 bits per heavy atom. The van der Waals surface area contributed by atoms with Crippen molar-refractivity contribution in [3.63, 3.8) is 0 Å². The molecule has 14 heavy (non-hydrogen) atoms. The minimum atomic E-state index is 0.0864. The van der Waals surface area contributed by atoms with Crippen LogP contribution in [0, 0.1) is 11.5 Å². The van der Waals surface area contributed by atoms with E-state index in [0.29, 0.717) is 5.96 Å². The average molecular weight is 186 g/mol. The first-order valence-electron chi connectivity index (χ1n) is 4.40. The predicted octanol–water partition coefficient (Wildman–Crippen LogP) is 1.60. The molecule has 0 spiro atoms. The van der Waals surface area contributed by atoms with E-state index in [0.717, 1.165) is 11.3 Å². The molecule has 0 aliphatic carbocycles. The predicted molar refractivity (Wildman–Crippen MR) is 54.7 cm³/mol. The molecule has 1 aliphatic rings. The molecule has 0 bridgehead atoms. The molecule has 1 aromatic carbocycles. The van der Waals surface area contributed by atoms with Gasteiger partial charge in [-0.2, -0.15) is 5.26 Å². The second-order valence-corrected chi connectivity index (χ2v) is 3.10. The van der Waals surface area contributed by atoms with E-state index in [4.69, 9.17) is 5.26 Å². The van der Waals surface area contributed by atoms with Gasteiger partial charge in [0.25, 0.3) is 0 Å². The molecule has 0 saturated carbocycles. The van der Waals surface area contributed by atoms with Crippen LogP contribution < -0.4 is 10.6 Å². The molecule has 70 valence electrons. The number of para-hydroxylation sites is 1. The van der Waals surface area contributed by atoms with E-state index < -0.39 is 0 Å². The average Bonchev–Trinajstić information content (AvgIpc) is 2.18. The fourth-order valence-corrected chi connectivity index (χ4v) is 1.51. The summed E-state index contributed by atoms with van der Waals surface area (Å²) in [5.41, 5.74) is 2.16. The lowest BCUT2D eigenvalue weighted by Gasteiger charge is -2.21. The summed E-state index contributed by atoms with van der Waals surface area (Å²) in [5, 5.41) is 14.0. The van der Waals surface area contributed by atoms with E-state index in [-0.39, 0.29) is 6.04 Å². The molecule has 1 aliphatic heterocycles. The zero-order valence-electron chi connectivity index (χ0n) is 7.78. The van der Waals surface area contributed by atoms with Crippen LogP contribution in [0.4, 0.5) is 5.69 Å². The van der Waals surface area contributed by atoms with Crippen molar-refractivity contribution in [1.82, 2.24) is 5.32 Å². The van der Waals surface area contributed by atoms with Gasteiger partial charge in [0.15, 0.2) is 6.19 Å². The van der Waals surface area contributed by atoms with E-state index >= 15 is 0 Å². The first kappa shape index (κ1) is 8.57. The Morgan fingerprint density at radius 2 is 2.29 bits per heavy atom. The number of hydrogen-bond acceptors (Lipinski definition) is 4. The molecule has 0 fully saturated rings. The second kappa shape index (κ2) is 3.38. The number of hydrogen-bond donors (Lipinski definition) is 2. The summed E-state index contributed by atoms with van der Waals surface area (Å²) < 4.78 is 0. The summed E-state index contributed by atoms with van der Waals surface area (Å²) in [5.74, 6) is 0.513. The lowest BCUT2D eigenvalue weighted by molar-refractivity contribution is 0.804. The van der Waals surface area contributed by atoms with Crippen LogP contribution in [0.1, 0.15) is 18.5 Å². The molecule has 4 nitrogen and oxygen atoms in total. The van der Waals surface area contributed by atoms with Gasteiger partial charge in [0.1, 0.15) is 0 Å². The summed E-state index contributed by atoms with van der Waals surface area (Å²) in [7, 11) is 0. The van der Waals surface area contributed by atoms with Crippen molar-refractivity contribution in [2.24, 2.45) is 4.99 Å². The maximum absolute atomic E-state index is 8.47. The fourth-order valence-electron chi connectivity index (χ4n) is 1.51. The highest BCUT2D eigenvalue weighted by molar-refractivity contribution is 5.97. The quantitative estimate of drug-likeness (QED) is 0.478. The SMILES string of the molecule is C[C@@H]1N=C(NC#N)Nc2ccccc21. The van der Waals surface area contributed by atoms with Gasteiger partial charge in [0.2, 0.25) is 5.96 Å². The normalized spacial score (nSPS) is 18.6. The van der Waals surface area contributed by atoms with Crippen molar-refractivity contribution in [1.29, 1.82) is 5.26 Å². The van der Waals surface area contributed by atoms with Gasteiger partial charge in [-0.1, -0.05) is 18.2 Å². The highest BCUT2D eigenvalue weighted by Gasteiger charge is 2.16. The van der Waals surface area contributed by atoms with E-state index in [2.05, 4.69) is 15.6 Å². The van der Waals surface area contributed by atoms with E-state index in [1.165, 1.54) is 0 Å². The number of nitrogens with zero attached hydrogens (tertiary/aromatic N) is 2. The first-order chi connectivity index (χ1) is 6.81. The Kier molecular flexibility index (Phi) is 2.07. The molecule has 2 rings (SSSR count). The molecule has 0 radical (unpaired) electrons. The lowest BCUT2D eigenvalue weighted by atomic mass is 10.1. The van der Waals surface area contributed by atoms with Gasteiger partial charge in [0, 0.05) is 5.69 Å². The number of fused-ring (bicyclic) bond motifs is 1. The number of benzene rings is 1. The molecular formula is C10H10N4. The van der Waals surface area contributed by atoms with Crippen LogP contribution in [0.25, 0.3) is 0 Å². The third kappa shape index (κ3) is 1.40. The Hall–Kier alpha value is -2.02. The maximum Gasteiger partial charge on any atom is 0.209 e. The standard InChI is InChI=1S/C10H10N4/c1-7-8-4-2-3-5-9(8)14-10(13-7)12-6-11/h2-5,7H,1H3,(H2,12,13,14)/t7-/m0/s1. The van der Waals surface area contributed by atoms with Crippen LogP contribution in [-0.2, 0) is 0 Å². The highest BCUT2D eigenvalue weighted by atomic mass is 15.2. The molecule has 2 N–H and O–H groups in total. The van der Waals surface area contributed by atoms with E-state index in [1.54, 1.807) is 0 Å². The van der Waals surface area contributed by atoms with Crippen molar-refractivity contribution in [2.45, 2.75) is 13.0 Å². The Bertz CT molecular complexity index is 416. The van der Waals surface area contributed by atoms with Gasteiger partial charge in [-0.05, 0) is 18.6 Å². The fraction of sp³-hybridized carbons (Fsp3) is 0.200. The van der Waals surface area contributed by atoms with Gasteiger partial charge < -0.3 is 5.32 Å². The zero-order chi connectivity index (χ0) is 9.97. The number of aliphatic imine (C=N–C) groups is 1. The number of nitriles is 1. The van der Waals surface area contributed by atoms with Gasteiger partial charge in [-0.3, -0.25) is 5.32 Å². The van der Waals surface area contributed by atoms with Gasteiger partial charge in [0.05, 0.1) is 6.04 Å². The van der Waals surface area contributed by atoms with Gasteiger partial charge in [-0.15, -0.1) is 0 Å². The van der Waals surface area contributed by atoms with Crippen molar-refractivity contribution in [3.05, 3.63) is 29.8 Å². The summed E-state index contributed by atoms with van der Waals surface area (Å²) in [6.07, 6.45) is 1.85. The van der Waals surface area contributed by atoms with Crippen LogP contribution in [0.15, 0.2) is 29.3 Å².